The lowest BCUT2D eigenvalue weighted by Crippen LogP contribution is -2.25. The van der Waals surface area contributed by atoms with E-state index in [-0.39, 0.29) is 5.82 Å². The Labute approximate surface area is 203 Å². The maximum Gasteiger partial charge on any atom is 0.165 e. The summed E-state index contributed by atoms with van der Waals surface area (Å²) in [4.78, 5) is 0. The molecule has 1 aromatic carbocycles. The van der Waals surface area contributed by atoms with Crippen molar-refractivity contribution in [2.45, 2.75) is 135 Å². The van der Waals surface area contributed by atoms with E-state index in [0.717, 1.165) is 25.7 Å². The lowest BCUT2D eigenvalue weighted by molar-refractivity contribution is 0.145. The molecule has 0 aromatic heterocycles. The van der Waals surface area contributed by atoms with Gasteiger partial charge in [0.2, 0.25) is 0 Å². The molecule has 0 spiro atoms. The summed E-state index contributed by atoms with van der Waals surface area (Å²) in [7, 11) is 0. The number of ether oxygens (including phenoxy) is 1. The third kappa shape index (κ3) is 8.45. The van der Waals surface area contributed by atoms with Crippen molar-refractivity contribution in [3.05, 3.63) is 41.2 Å². The minimum absolute atomic E-state index is 0.176. The van der Waals surface area contributed by atoms with E-state index in [1.807, 2.05) is 6.07 Å². The predicted molar refractivity (Wildman–Crippen MR) is 140 cm³/mol. The zero-order valence-corrected chi connectivity index (χ0v) is 21.6. The van der Waals surface area contributed by atoms with Crippen LogP contribution in [0, 0.1) is 11.2 Å². The summed E-state index contributed by atoms with van der Waals surface area (Å²) in [5.41, 5.74) is 3.33. The normalized spacial score (nSPS) is 19.2. The number of allylic oxidation sites excluding steroid dienone is 2. The quantitative estimate of drug-likeness (QED) is 0.200. The van der Waals surface area contributed by atoms with Crippen molar-refractivity contribution >= 4 is 0 Å². The Morgan fingerprint density at radius 1 is 0.939 bits per heavy atom. The van der Waals surface area contributed by atoms with Gasteiger partial charge in [0.25, 0.3) is 0 Å². The second kappa shape index (κ2) is 14.2. The Balaban J connectivity index is 1.72. The minimum Gasteiger partial charge on any atom is -0.491 e. The van der Waals surface area contributed by atoms with Crippen LogP contribution >= 0.6 is 0 Å². The Kier molecular flexibility index (Phi) is 11.3. The molecule has 0 aliphatic heterocycles. The summed E-state index contributed by atoms with van der Waals surface area (Å²) in [6.07, 6.45) is 25.5. The van der Waals surface area contributed by atoms with Crippen LogP contribution in [0.25, 0.3) is 0 Å². The fourth-order valence-electron chi connectivity index (χ4n) is 6.17. The molecule has 2 aliphatic carbocycles. The lowest BCUT2D eigenvalue weighted by atomic mass is 9.67. The summed E-state index contributed by atoms with van der Waals surface area (Å²) in [5, 5.41) is 0. The summed E-state index contributed by atoms with van der Waals surface area (Å²) in [5.74, 6) is 0.681. The maximum atomic E-state index is 15.0. The fourth-order valence-corrected chi connectivity index (χ4v) is 6.17. The standard InChI is InChI=1S/C31H49FO/c1-3-5-13-23-33-30-17-16-27(25-29(30)32)28(24-26-14-9-7-10-15-26)18-22-31(19-6-4-2)20-11-8-12-21-31/h14,16-17,25,28H,3-13,15,18-24H2,1-2H3. The van der Waals surface area contributed by atoms with E-state index in [1.54, 1.807) is 11.6 Å². The molecule has 0 bridgehead atoms. The first-order valence-corrected chi connectivity index (χ1v) is 14.3. The molecule has 2 heteroatoms. The van der Waals surface area contributed by atoms with Gasteiger partial charge in [-0.15, -0.1) is 0 Å². The molecule has 1 aromatic rings. The lowest BCUT2D eigenvalue weighted by Gasteiger charge is -2.39. The van der Waals surface area contributed by atoms with E-state index in [4.69, 9.17) is 4.74 Å². The minimum atomic E-state index is -0.176. The number of benzene rings is 1. The molecule has 0 heterocycles. The average Bonchev–Trinajstić information content (AvgIpc) is 2.85. The monoisotopic (exact) mass is 456 g/mol. The van der Waals surface area contributed by atoms with Crippen LogP contribution in [0.5, 0.6) is 5.75 Å². The number of hydrogen-bond acceptors (Lipinski definition) is 1. The van der Waals surface area contributed by atoms with Crippen LogP contribution in [0.15, 0.2) is 29.8 Å². The van der Waals surface area contributed by atoms with E-state index in [1.165, 1.54) is 95.5 Å². The van der Waals surface area contributed by atoms with Gasteiger partial charge in [0.15, 0.2) is 11.6 Å². The van der Waals surface area contributed by atoms with Gasteiger partial charge in [-0.2, -0.15) is 0 Å². The van der Waals surface area contributed by atoms with Crippen molar-refractivity contribution in [3.8, 4) is 5.75 Å². The number of unbranched alkanes of at least 4 members (excludes halogenated alkanes) is 3. The zero-order valence-electron chi connectivity index (χ0n) is 21.6. The molecule has 3 rings (SSSR count). The summed E-state index contributed by atoms with van der Waals surface area (Å²) >= 11 is 0. The van der Waals surface area contributed by atoms with Gasteiger partial charge in [-0.05, 0) is 99.7 Å². The molecule has 1 saturated carbocycles. The fraction of sp³-hybridized carbons (Fsp3) is 0.742. The molecule has 0 saturated heterocycles. The molecule has 1 fully saturated rings. The van der Waals surface area contributed by atoms with E-state index < -0.39 is 0 Å². The van der Waals surface area contributed by atoms with Gasteiger partial charge in [-0.3, -0.25) is 0 Å². The van der Waals surface area contributed by atoms with Crippen molar-refractivity contribution in [1.82, 2.24) is 0 Å². The first-order chi connectivity index (χ1) is 16.2. The highest BCUT2D eigenvalue weighted by molar-refractivity contribution is 5.32. The SMILES string of the molecule is CCCCCOc1ccc(C(CCC2(CCCC)CCCCC2)CC2=CCCCC2)cc1F. The largest absolute Gasteiger partial charge is 0.491 e. The van der Waals surface area contributed by atoms with Crippen LogP contribution in [0.4, 0.5) is 4.39 Å². The first kappa shape index (κ1) is 26.3. The van der Waals surface area contributed by atoms with Crippen LogP contribution in [0.1, 0.15) is 141 Å². The molecule has 2 aliphatic rings. The van der Waals surface area contributed by atoms with Gasteiger partial charge >= 0.3 is 0 Å². The Morgan fingerprint density at radius 2 is 1.76 bits per heavy atom. The molecule has 186 valence electrons. The topological polar surface area (TPSA) is 9.23 Å². The Hall–Kier alpha value is -1.31. The molecule has 0 N–H and O–H groups in total. The number of rotatable bonds is 14. The third-order valence-corrected chi connectivity index (χ3v) is 8.32. The summed E-state index contributed by atoms with van der Waals surface area (Å²) in [6, 6.07) is 5.85. The highest BCUT2D eigenvalue weighted by Gasteiger charge is 2.32. The van der Waals surface area contributed by atoms with Crippen LogP contribution in [-0.2, 0) is 0 Å². The van der Waals surface area contributed by atoms with Crippen LogP contribution in [-0.4, -0.2) is 6.61 Å². The number of hydrogen-bond donors (Lipinski definition) is 0. The smallest absolute Gasteiger partial charge is 0.165 e. The van der Waals surface area contributed by atoms with E-state index in [2.05, 4.69) is 26.0 Å². The van der Waals surface area contributed by atoms with E-state index in [0.29, 0.717) is 23.7 Å². The summed E-state index contributed by atoms with van der Waals surface area (Å²) < 4.78 is 20.7. The molecule has 0 radical (unpaired) electrons. The van der Waals surface area contributed by atoms with Crippen molar-refractivity contribution in [2.75, 3.05) is 6.61 Å². The summed E-state index contributed by atoms with van der Waals surface area (Å²) in [6.45, 7) is 5.11. The Morgan fingerprint density at radius 3 is 2.45 bits per heavy atom. The molecule has 1 nitrogen and oxygen atoms in total. The van der Waals surface area contributed by atoms with Gasteiger partial charge in [-0.25, -0.2) is 4.39 Å². The molecule has 1 atom stereocenters. The van der Waals surface area contributed by atoms with Crippen molar-refractivity contribution in [3.63, 3.8) is 0 Å². The van der Waals surface area contributed by atoms with E-state index in [9.17, 15) is 4.39 Å². The first-order valence-electron chi connectivity index (χ1n) is 14.3. The van der Waals surface area contributed by atoms with Gasteiger partial charge < -0.3 is 4.74 Å². The van der Waals surface area contributed by atoms with Crippen LogP contribution in [0.2, 0.25) is 0 Å². The average molecular weight is 457 g/mol. The maximum absolute atomic E-state index is 15.0. The van der Waals surface area contributed by atoms with Gasteiger partial charge in [0, 0.05) is 0 Å². The molecule has 0 amide bonds. The second-order valence-electron chi connectivity index (χ2n) is 11.0. The molecular formula is C31H49FO. The van der Waals surface area contributed by atoms with E-state index >= 15 is 0 Å². The predicted octanol–water partition coefficient (Wildman–Crippen LogP) is 10.3. The second-order valence-corrected chi connectivity index (χ2v) is 11.0. The zero-order chi connectivity index (χ0) is 23.4. The highest BCUT2D eigenvalue weighted by Crippen LogP contribution is 2.47. The van der Waals surface area contributed by atoms with Crippen molar-refractivity contribution < 1.29 is 9.13 Å². The van der Waals surface area contributed by atoms with Crippen molar-refractivity contribution in [2.24, 2.45) is 5.41 Å². The number of halogens is 1. The van der Waals surface area contributed by atoms with Crippen LogP contribution < -0.4 is 4.74 Å². The molecule has 1 unspecified atom stereocenters. The van der Waals surface area contributed by atoms with Crippen LogP contribution in [0.3, 0.4) is 0 Å². The van der Waals surface area contributed by atoms with Crippen molar-refractivity contribution in [1.29, 1.82) is 0 Å². The van der Waals surface area contributed by atoms with Gasteiger partial charge in [-0.1, -0.05) is 76.5 Å². The molecular weight excluding hydrogens is 407 g/mol. The van der Waals surface area contributed by atoms with Gasteiger partial charge in [0.1, 0.15) is 0 Å². The van der Waals surface area contributed by atoms with Gasteiger partial charge in [0.05, 0.1) is 6.61 Å². The third-order valence-electron chi connectivity index (χ3n) is 8.32. The highest BCUT2D eigenvalue weighted by atomic mass is 19.1. The molecule has 33 heavy (non-hydrogen) atoms. The Bertz CT molecular complexity index is 716.